The smallest absolute Gasteiger partial charge is 0.408 e. The van der Waals surface area contributed by atoms with Crippen LogP contribution in [0.15, 0.2) is 54.6 Å². The number of hydrogen-bond acceptors (Lipinski definition) is 4. The van der Waals surface area contributed by atoms with E-state index in [4.69, 9.17) is 4.74 Å². The number of rotatable bonds is 8. The van der Waals surface area contributed by atoms with Gasteiger partial charge in [-0.25, -0.2) is 4.79 Å². The van der Waals surface area contributed by atoms with Crippen LogP contribution >= 0.6 is 0 Å². The Balaban J connectivity index is 1.61. The van der Waals surface area contributed by atoms with Gasteiger partial charge in [-0.3, -0.25) is 9.59 Å². The van der Waals surface area contributed by atoms with Crippen molar-refractivity contribution in [2.75, 3.05) is 5.32 Å². The number of carbonyl (C=O) groups excluding carboxylic acids is 3. The van der Waals surface area contributed by atoms with Crippen molar-refractivity contribution >= 4 is 23.6 Å². The Labute approximate surface area is 201 Å². The lowest BCUT2D eigenvalue weighted by Gasteiger charge is -2.23. The molecule has 0 aromatic heterocycles. The van der Waals surface area contributed by atoms with Gasteiger partial charge in [0.05, 0.1) is 0 Å². The van der Waals surface area contributed by atoms with Crippen molar-refractivity contribution in [2.24, 2.45) is 5.92 Å². The van der Waals surface area contributed by atoms with Gasteiger partial charge in [0, 0.05) is 24.6 Å². The van der Waals surface area contributed by atoms with Crippen LogP contribution in [0.1, 0.15) is 57.6 Å². The molecular formula is C27H35N3O4. The molecule has 3 rings (SSSR count). The number of nitrogens with one attached hydrogen (secondary N) is 3. The van der Waals surface area contributed by atoms with Crippen LogP contribution in [0.3, 0.4) is 0 Å². The van der Waals surface area contributed by atoms with Crippen molar-refractivity contribution in [2.45, 2.75) is 71.1 Å². The topological polar surface area (TPSA) is 96.5 Å². The summed E-state index contributed by atoms with van der Waals surface area (Å²) in [4.78, 5) is 37.8. The van der Waals surface area contributed by atoms with Gasteiger partial charge in [-0.2, -0.15) is 0 Å². The Morgan fingerprint density at radius 3 is 2.32 bits per heavy atom. The fourth-order valence-electron chi connectivity index (χ4n) is 4.01. The zero-order chi connectivity index (χ0) is 24.6. The molecule has 7 nitrogen and oxygen atoms in total. The highest BCUT2D eigenvalue weighted by molar-refractivity contribution is 5.92. The number of amides is 3. The summed E-state index contributed by atoms with van der Waals surface area (Å²) in [5, 5.41) is 8.59. The van der Waals surface area contributed by atoms with Crippen LogP contribution in [-0.4, -0.2) is 29.6 Å². The van der Waals surface area contributed by atoms with E-state index in [9.17, 15) is 14.4 Å². The van der Waals surface area contributed by atoms with Gasteiger partial charge < -0.3 is 20.7 Å². The van der Waals surface area contributed by atoms with Crippen molar-refractivity contribution in [3.63, 3.8) is 0 Å². The summed E-state index contributed by atoms with van der Waals surface area (Å²) in [6, 6.07) is 16.2. The van der Waals surface area contributed by atoms with Crippen molar-refractivity contribution < 1.29 is 19.1 Å². The zero-order valence-electron chi connectivity index (χ0n) is 20.2. The molecular weight excluding hydrogens is 430 g/mol. The van der Waals surface area contributed by atoms with Gasteiger partial charge in [0.25, 0.3) is 0 Å². The van der Waals surface area contributed by atoms with Gasteiger partial charge in [0.15, 0.2) is 0 Å². The lowest BCUT2D eigenvalue weighted by molar-refractivity contribution is -0.123. The monoisotopic (exact) mass is 465 g/mol. The van der Waals surface area contributed by atoms with E-state index >= 15 is 0 Å². The fraction of sp³-hybridized carbons (Fsp3) is 0.444. The second kappa shape index (κ2) is 11.7. The summed E-state index contributed by atoms with van der Waals surface area (Å²) in [5.41, 5.74) is 1.83. The maximum atomic E-state index is 13.0. The van der Waals surface area contributed by atoms with Gasteiger partial charge in [-0.1, -0.05) is 55.3 Å². The Bertz CT molecular complexity index is 979. The zero-order valence-corrected chi connectivity index (χ0v) is 20.2. The van der Waals surface area contributed by atoms with Crippen molar-refractivity contribution in [3.05, 3.63) is 65.7 Å². The fourth-order valence-corrected chi connectivity index (χ4v) is 4.01. The van der Waals surface area contributed by atoms with Crippen LogP contribution in [-0.2, 0) is 27.3 Å². The first kappa shape index (κ1) is 25.3. The molecule has 2 aromatic carbocycles. The summed E-state index contributed by atoms with van der Waals surface area (Å²) in [6.07, 6.45) is 3.78. The standard InChI is InChI=1S/C27H35N3O4/c1-27(2,3)34-26(33)30-23(17-19-10-5-4-6-11-19)25(32)28-18-20-12-9-15-22(16-20)29-24(31)21-13-7-8-14-21/h4-6,9-12,15-16,21,23H,7-8,13-14,17-18H2,1-3H3,(H,28,32)(H,29,31)(H,30,33). The quantitative estimate of drug-likeness (QED) is 0.532. The molecule has 182 valence electrons. The van der Waals surface area contributed by atoms with E-state index in [1.807, 2.05) is 54.6 Å². The van der Waals surface area contributed by atoms with E-state index in [0.717, 1.165) is 42.5 Å². The van der Waals surface area contributed by atoms with Crippen LogP contribution in [0.25, 0.3) is 0 Å². The molecule has 0 saturated heterocycles. The summed E-state index contributed by atoms with van der Waals surface area (Å²) in [5.74, 6) is -0.167. The largest absolute Gasteiger partial charge is 0.444 e. The van der Waals surface area contributed by atoms with E-state index in [1.54, 1.807) is 20.8 Å². The first-order chi connectivity index (χ1) is 16.2. The molecule has 1 aliphatic rings. The molecule has 1 aliphatic carbocycles. The lowest BCUT2D eigenvalue weighted by Crippen LogP contribution is -2.49. The summed E-state index contributed by atoms with van der Waals surface area (Å²) < 4.78 is 5.34. The average molecular weight is 466 g/mol. The normalized spacial score (nSPS) is 14.8. The summed E-state index contributed by atoms with van der Waals surface area (Å²) in [7, 11) is 0. The Hall–Kier alpha value is -3.35. The molecule has 3 amide bonds. The van der Waals surface area contributed by atoms with E-state index < -0.39 is 17.7 Å². The third kappa shape index (κ3) is 8.21. The summed E-state index contributed by atoms with van der Waals surface area (Å²) >= 11 is 0. The molecule has 2 aromatic rings. The highest BCUT2D eigenvalue weighted by atomic mass is 16.6. The van der Waals surface area contributed by atoms with E-state index in [1.165, 1.54) is 0 Å². The molecule has 3 N–H and O–H groups in total. The van der Waals surface area contributed by atoms with Crippen LogP contribution in [0.5, 0.6) is 0 Å². The number of ether oxygens (including phenoxy) is 1. The van der Waals surface area contributed by atoms with Crippen molar-refractivity contribution in [1.82, 2.24) is 10.6 Å². The highest BCUT2D eigenvalue weighted by Crippen LogP contribution is 2.26. The second-order valence-electron chi connectivity index (χ2n) is 9.78. The molecule has 0 spiro atoms. The third-order valence-electron chi connectivity index (χ3n) is 5.68. The van der Waals surface area contributed by atoms with Crippen molar-refractivity contribution in [3.8, 4) is 0 Å². The molecule has 1 saturated carbocycles. The predicted octanol–water partition coefficient (Wildman–Crippen LogP) is 4.57. The molecule has 0 aliphatic heterocycles. The number of alkyl carbamates (subject to hydrolysis) is 1. The maximum Gasteiger partial charge on any atom is 0.408 e. The minimum Gasteiger partial charge on any atom is -0.444 e. The van der Waals surface area contributed by atoms with Gasteiger partial charge >= 0.3 is 6.09 Å². The molecule has 34 heavy (non-hydrogen) atoms. The molecule has 0 radical (unpaired) electrons. The second-order valence-corrected chi connectivity index (χ2v) is 9.78. The molecule has 0 bridgehead atoms. The molecule has 7 heteroatoms. The molecule has 1 unspecified atom stereocenters. The first-order valence-corrected chi connectivity index (χ1v) is 11.9. The predicted molar refractivity (Wildman–Crippen MR) is 132 cm³/mol. The third-order valence-corrected chi connectivity index (χ3v) is 5.68. The SMILES string of the molecule is CC(C)(C)OC(=O)NC(Cc1ccccc1)C(=O)NCc1cccc(NC(=O)C2CCCC2)c1. The van der Waals surface area contributed by atoms with Crippen LogP contribution in [0, 0.1) is 5.92 Å². The minimum atomic E-state index is -0.789. The molecule has 1 fully saturated rings. The maximum absolute atomic E-state index is 13.0. The minimum absolute atomic E-state index is 0.0585. The number of carbonyl (C=O) groups is 3. The van der Waals surface area contributed by atoms with E-state index in [2.05, 4.69) is 16.0 Å². The lowest BCUT2D eigenvalue weighted by atomic mass is 10.1. The van der Waals surface area contributed by atoms with E-state index in [0.29, 0.717) is 6.42 Å². The van der Waals surface area contributed by atoms with Gasteiger partial charge in [-0.05, 0) is 56.9 Å². The van der Waals surface area contributed by atoms with Gasteiger partial charge in [0.1, 0.15) is 11.6 Å². The average Bonchev–Trinajstić information content (AvgIpc) is 3.32. The summed E-state index contributed by atoms with van der Waals surface area (Å²) in [6.45, 7) is 5.60. The Morgan fingerprint density at radius 2 is 1.65 bits per heavy atom. The first-order valence-electron chi connectivity index (χ1n) is 11.9. The van der Waals surface area contributed by atoms with E-state index in [-0.39, 0.29) is 24.3 Å². The van der Waals surface area contributed by atoms with Crippen molar-refractivity contribution in [1.29, 1.82) is 0 Å². The Morgan fingerprint density at radius 1 is 0.971 bits per heavy atom. The van der Waals surface area contributed by atoms with Crippen LogP contribution in [0.4, 0.5) is 10.5 Å². The number of benzene rings is 2. The van der Waals surface area contributed by atoms with Gasteiger partial charge in [0.2, 0.25) is 11.8 Å². The number of hydrogen-bond donors (Lipinski definition) is 3. The molecule has 0 heterocycles. The van der Waals surface area contributed by atoms with Gasteiger partial charge in [-0.15, -0.1) is 0 Å². The Kier molecular flexibility index (Phi) is 8.68. The van der Waals surface area contributed by atoms with Crippen LogP contribution < -0.4 is 16.0 Å². The number of anilines is 1. The highest BCUT2D eigenvalue weighted by Gasteiger charge is 2.25. The van der Waals surface area contributed by atoms with Crippen LogP contribution in [0.2, 0.25) is 0 Å². The molecule has 1 atom stereocenters.